The number of carbonyl (C=O) groups excluding carboxylic acids is 1. The Labute approximate surface area is 143 Å². The van der Waals surface area contributed by atoms with Gasteiger partial charge in [-0.2, -0.15) is 11.3 Å². The predicted octanol–water partition coefficient (Wildman–Crippen LogP) is 4.10. The molecule has 3 rings (SSSR count). The zero-order valence-corrected chi connectivity index (χ0v) is 14.7. The van der Waals surface area contributed by atoms with Gasteiger partial charge in [-0.25, -0.2) is 4.98 Å². The molecule has 0 aliphatic heterocycles. The normalized spacial score (nSPS) is 12.3. The van der Waals surface area contributed by atoms with Gasteiger partial charge < -0.3 is 9.32 Å². The molecule has 23 heavy (non-hydrogen) atoms. The van der Waals surface area contributed by atoms with E-state index < -0.39 is 0 Å². The minimum Gasteiger partial charge on any atom is -0.472 e. The molecule has 0 aromatic carbocycles. The van der Waals surface area contributed by atoms with E-state index in [0.717, 1.165) is 22.7 Å². The zero-order valence-electron chi connectivity index (χ0n) is 13.1. The van der Waals surface area contributed by atoms with Crippen molar-refractivity contribution in [1.82, 2.24) is 9.88 Å². The van der Waals surface area contributed by atoms with Crippen LogP contribution in [-0.4, -0.2) is 28.9 Å². The van der Waals surface area contributed by atoms with Gasteiger partial charge in [0, 0.05) is 24.0 Å². The maximum Gasteiger partial charge on any atom is 0.228 e. The number of nitrogens with zero attached hydrogens (tertiary/aromatic N) is 2. The zero-order chi connectivity index (χ0) is 16.2. The fourth-order valence-electron chi connectivity index (χ4n) is 2.32. The van der Waals surface area contributed by atoms with Gasteiger partial charge in [-0.1, -0.05) is 0 Å². The van der Waals surface area contributed by atoms with Gasteiger partial charge in [-0.3, -0.25) is 4.79 Å². The lowest BCUT2D eigenvalue weighted by Gasteiger charge is -2.24. The van der Waals surface area contributed by atoms with Crippen LogP contribution < -0.4 is 0 Å². The summed E-state index contributed by atoms with van der Waals surface area (Å²) in [7, 11) is 1.86. The summed E-state index contributed by atoms with van der Waals surface area (Å²) in [6.45, 7) is 2.08. The van der Waals surface area contributed by atoms with E-state index in [-0.39, 0.29) is 11.9 Å². The minimum absolute atomic E-state index is 0.0942. The first kappa shape index (κ1) is 16.0. The second-order valence-electron chi connectivity index (χ2n) is 5.52. The summed E-state index contributed by atoms with van der Waals surface area (Å²) in [6.07, 6.45) is 4.50. The first-order chi connectivity index (χ1) is 11.1. The number of hydrogen-bond donors (Lipinski definition) is 0. The molecular formula is C17H18N2O2S2. The summed E-state index contributed by atoms with van der Waals surface area (Å²) < 4.78 is 5.07. The SMILES string of the molecule is CC(Cc1ccsc1)N(C)C(=O)Cc1csc(-c2ccoc2)n1. The molecule has 0 saturated heterocycles. The highest BCUT2D eigenvalue weighted by Crippen LogP contribution is 2.24. The summed E-state index contributed by atoms with van der Waals surface area (Å²) >= 11 is 3.22. The number of carbonyl (C=O) groups is 1. The second-order valence-corrected chi connectivity index (χ2v) is 7.16. The molecule has 120 valence electrons. The van der Waals surface area contributed by atoms with Gasteiger partial charge in [0.2, 0.25) is 5.91 Å². The quantitative estimate of drug-likeness (QED) is 0.675. The van der Waals surface area contributed by atoms with Gasteiger partial charge in [0.05, 0.1) is 18.4 Å². The first-order valence-electron chi connectivity index (χ1n) is 7.37. The molecule has 0 spiro atoms. The van der Waals surface area contributed by atoms with Crippen LogP contribution in [0.1, 0.15) is 18.2 Å². The summed E-state index contributed by atoms with van der Waals surface area (Å²) in [6, 6.07) is 4.15. The van der Waals surface area contributed by atoms with Gasteiger partial charge in [-0.05, 0) is 41.8 Å². The van der Waals surface area contributed by atoms with E-state index in [4.69, 9.17) is 4.42 Å². The van der Waals surface area contributed by atoms with Crippen molar-refractivity contribution in [2.24, 2.45) is 0 Å². The van der Waals surface area contributed by atoms with Crippen LogP contribution >= 0.6 is 22.7 Å². The molecule has 0 aliphatic carbocycles. The molecular weight excluding hydrogens is 328 g/mol. The molecule has 1 amide bonds. The number of aromatic nitrogens is 1. The molecule has 3 aromatic heterocycles. The van der Waals surface area contributed by atoms with Crippen LogP contribution in [0.15, 0.2) is 45.2 Å². The van der Waals surface area contributed by atoms with Crippen molar-refractivity contribution in [1.29, 1.82) is 0 Å². The van der Waals surface area contributed by atoms with Crippen molar-refractivity contribution in [3.05, 3.63) is 52.1 Å². The Balaban J connectivity index is 1.60. The van der Waals surface area contributed by atoms with Crippen molar-refractivity contribution < 1.29 is 9.21 Å². The lowest BCUT2D eigenvalue weighted by molar-refractivity contribution is -0.130. The van der Waals surface area contributed by atoms with Gasteiger partial charge >= 0.3 is 0 Å². The number of rotatable bonds is 6. The Morgan fingerprint density at radius 3 is 2.96 bits per heavy atom. The monoisotopic (exact) mass is 346 g/mol. The first-order valence-corrected chi connectivity index (χ1v) is 9.19. The Hall–Kier alpha value is -1.92. The van der Waals surface area contributed by atoms with E-state index in [0.29, 0.717) is 6.42 Å². The summed E-state index contributed by atoms with van der Waals surface area (Å²) in [4.78, 5) is 18.8. The molecule has 1 atom stereocenters. The predicted molar refractivity (Wildman–Crippen MR) is 93.8 cm³/mol. The highest BCUT2D eigenvalue weighted by atomic mass is 32.1. The number of likely N-dealkylation sites (N-methyl/N-ethyl adjacent to an activating group) is 1. The van der Waals surface area contributed by atoms with Crippen LogP contribution in [0.25, 0.3) is 10.6 Å². The van der Waals surface area contributed by atoms with Crippen LogP contribution in [0, 0.1) is 0 Å². The highest BCUT2D eigenvalue weighted by molar-refractivity contribution is 7.13. The molecule has 3 aromatic rings. The number of thiazole rings is 1. The molecule has 0 saturated carbocycles. The molecule has 0 aliphatic rings. The molecule has 0 radical (unpaired) electrons. The fraction of sp³-hybridized carbons (Fsp3) is 0.294. The highest BCUT2D eigenvalue weighted by Gasteiger charge is 2.18. The Morgan fingerprint density at radius 1 is 1.39 bits per heavy atom. The van der Waals surface area contributed by atoms with Crippen molar-refractivity contribution in [3.8, 4) is 10.6 Å². The molecule has 0 N–H and O–H groups in total. The minimum atomic E-state index is 0.0942. The van der Waals surface area contributed by atoms with E-state index in [1.165, 1.54) is 16.9 Å². The Kier molecular flexibility index (Phi) is 4.93. The molecule has 3 heterocycles. The number of hydrogen-bond acceptors (Lipinski definition) is 5. The third-order valence-electron chi connectivity index (χ3n) is 3.82. The summed E-state index contributed by atoms with van der Waals surface area (Å²) in [5, 5.41) is 7.02. The third kappa shape index (κ3) is 3.89. The van der Waals surface area contributed by atoms with Crippen LogP contribution in [0.3, 0.4) is 0 Å². The van der Waals surface area contributed by atoms with Crippen LogP contribution in [0.5, 0.6) is 0 Å². The van der Waals surface area contributed by atoms with Gasteiger partial charge in [0.15, 0.2) is 0 Å². The Morgan fingerprint density at radius 2 is 2.26 bits per heavy atom. The second kappa shape index (κ2) is 7.10. The fourth-order valence-corrected chi connectivity index (χ4v) is 3.81. The van der Waals surface area contributed by atoms with Crippen LogP contribution in [0.2, 0.25) is 0 Å². The lowest BCUT2D eigenvalue weighted by atomic mass is 10.1. The standard InChI is InChI=1S/C17H18N2O2S2/c1-12(7-13-4-6-22-10-13)19(2)16(20)8-15-11-23-17(18-15)14-3-5-21-9-14/h3-6,9-12H,7-8H2,1-2H3. The van der Waals surface area contributed by atoms with Gasteiger partial charge in [0.25, 0.3) is 0 Å². The Bertz CT molecular complexity index is 748. The summed E-state index contributed by atoms with van der Waals surface area (Å²) in [5.41, 5.74) is 3.04. The van der Waals surface area contributed by atoms with Crippen LogP contribution in [0.4, 0.5) is 0 Å². The molecule has 1 unspecified atom stereocenters. The lowest BCUT2D eigenvalue weighted by Crippen LogP contribution is -2.37. The van der Waals surface area contributed by atoms with Crippen molar-refractivity contribution >= 4 is 28.6 Å². The average molecular weight is 346 g/mol. The molecule has 6 heteroatoms. The van der Waals surface area contributed by atoms with Crippen molar-refractivity contribution in [3.63, 3.8) is 0 Å². The van der Waals surface area contributed by atoms with Crippen molar-refractivity contribution in [2.45, 2.75) is 25.8 Å². The van der Waals surface area contributed by atoms with Crippen LogP contribution in [-0.2, 0) is 17.6 Å². The molecule has 0 fully saturated rings. The maximum absolute atomic E-state index is 12.5. The summed E-state index contributed by atoms with van der Waals surface area (Å²) in [5.74, 6) is 0.0942. The van der Waals surface area contributed by atoms with E-state index in [2.05, 4.69) is 28.7 Å². The van der Waals surface area contributed by atoms with E-state index >= 15 is 0 Å². The maximum atomic E-state index is 12.5. The topological polar surface area (TPSA) is 46.3 Å². The number of amides is 1. The van der Waals surface area contributed by atoms with Gasteiger partial charge in [-0.15, -0.1) is 11.3 Å². The van der Waals surface area contributed by atoms with E-state index in [1.54, 1.807) is 23.9 Å². The van der Waals surface area contributed by atoms with E-state index in [9.17, 15) is 4.79 Å². The van der Waals surface area contributed by atoms with Gasteiger partial charge in [0.1, 0.15) is 11.3 Å². The largest absolute Gasteiger partial charge is 0.472 e. The average Bonchev–Trinajstić information content (AvgIpc) is 3.27. The number of thiophene rings is 1. The van der Waals surface area contributed by atoms with Crippen molar-refractivity contribution in [2.75, 3.05) is 7.05 Å². The smallest absolute Gasteiger partial charge is 0.228 e. The molecule has 0 bridgehead atoms. The third-order valence-corrected chi connectivity index (χ3v) is 5.49. The van der Waals surface area contributed by atoms with E-state index in [1.807, 2.05) is 23.4 Å². The molecule has 4 nitrogen and oxygen atoms in total. The number of furan rings is 1.